The summed E-state index contributed by atoms with van der Waals surface area (Å²) in [6.45, 7) is 2.27. The highest BCUT2D eigenvalue weighted by molar-refractivity contribution is 5.59. The van der Waals surface area contributed by atoms with E-state index in [4.69, 9.17) is 0 Å². The Morgan fingerprint density at radius 2 is 2.05 bits per heavy atom. The van der Waals surface area contributed by atoms with Crippen LogP contribution in [0.4, 0.5) is 10.2 Å². The summed E-state index contributed by atoms with van der Waals surface area (Å²) in [4.78, 5) is 6.27. The van der Waals surface area contributed by atoms with Gasteiger partial charge in [0.05, 0.1) is 17.7 Å². The second-order valence-corrected chi connectivity index (χ2v) is 5.55. The molecule has 3 rings (SSSR count). The number of hydrogen-bond acceptors (Lipinski definition) is 4. The minimum Gasteiger partial charge on any atom is -0.391 e. The molecular formula is C17H16FN3O. The predicted octanol–water partition coefficient (Wildman–Crippen LogP) is 2.71. The zero-order valence-corrected chi connectivity index (χ0v) is 12.2. The van der Waals surface area contributed by atoms with Crippen LogP contribution in [0, 0.1) is 24.1 Å². The van der Waals surface area contributed by atoms with E-state index in [0.717, 1.165) is 11.1 Å². The van der Waals surface area contributed by atoms with Crippen molar-refractivity contribution < 1.29 is 9.50 Å². The van der Waals surface area contributed by atoms with Crippen molar-refractivity contribution in [3.05, 3.63) is 59.0 Å². The Morgan fingerprint density at radius 3 is 2.73 bits per heavy atom. The molecule has 0 aliphatic carbocycles. The van der Waals surface area contributed by atoms with Gasteiger partial charge >= 0.3 is 0 Å². The number of pyridine rings is 1. The fourth-order valence-electron chi connectivity index (χ4n) is 2.95. The van der Waals surface area contributed by atoms with Gasteiger partial charge in [-0.25, -0.2) is 9.37 Å². The van der Waals surface area contributed by atoms with Crippen molar-refractivity contribution in [2.45, 2.75) is 25.5 Å². The number of aromatic nitrogens is 1. The van der Waals surface area contributed by atoms with Crippen LogP contribution in [0.2, 0.25) is 0 Å². The monoisotopic (exact) mass is 297 g/mol. The summed E-state index contributed by atoms with van der Waals surface area (Å²) in [5, 5.41) is 19.4. The van der Waals surface area contributed by atoms with Crippen molar-refractivity contribution >= 4 is 5.82 Å². The number of anilines is 1. The SMILES string of the molecule is Cc1ccnc(N2C[C@H](O)C[C@@H]2c2ccc(F)cc2)c1C#N. The summed E-state index contributed by atoms with van der Waals surface area (Å²) >= 11 is 0. The number of benzene rings is 1. The molecule has 1 N–H and O–H groups in total. The first-order chi connectivity index (χ1) is 10.6. The predicted molar refractivity (Wildman–Crippen MR) is 80.8 cm³/mol. The lowest BCUT2D eigenvalue weighted by molar-refractivity contribution is 0.194. The molecule has 112 valence electrons. The second kappa shape index (κ2) is 5.74. The molecule has 2 atom stereocenters. The maximum atomic E-state index is 13.1. The highest BCUT2D eigenvalue weighted by Crippen LogP contribution is 2.37. The molecule has 1 aromatic carbocycles. The Hall–Kier alpha value is -2.45. The van der Waals surface area contributed by atoms with Gasteiger partial charge in [-0.05, 0) is 42.7 Å². The van der Waals surface area contributed by atoms with Gasteiger partial charge in [0, 0.05) is 12.7 Å². The van der Waals surface area contributed by atoms with Gasteiger partial charge in [-0.1, -0.05) is 12.1 Å². The van der Waals surface area contributed by atoms with E-state index in [1.807, 2.05) is 11.8 Å². The zero-order chi connectivity index (χ0) is 15.7. The average Bonchev–Trinajstić information content (AvgIpc) is 2.89. The lowest BCUT2D eigenvalue weighted by atomic mass is 10.0. The van der Waals surface area contributed by atoms with Crippen molar-refractivity contribution in [2.24, 2.45) is 0 Å². The van der Waals surface area contributed by atoms with Gasteiger partial charge in [0.2, 0.25) is 0 Å². The summed E-state index contributed by atoms with van der Waals surface area (Å²) in [5.41, 5.74) is 2.28. The number of aliphatic hydroxyl groups is 1. The quantitative estimate of drug-likeness (QED) is 0.926. The van der Waals surface area contributed by atoms with E-state index in [2.05, 4.69) is 11.1 Å². The third kappa shape index (κ3) is 2.53. The molecule has 1 saturated heterocycles. The van der Waals surface area contributed by atoms with Crippen LogP contribution in [0.5, 0.6) is 0 Å². The molecule has 0 radical (unpaired) electrons. The van der Waals surface area contributed by atoms with Gasteiger partial charge in [-0.3, -0.25) is 0 Å². The van der Waals surface area contributed by atoms with E-state index in [1.165, 1.54) is 12.1 Å². The Labute approximate surface area is 128 Å². The summed E-state index contributed by atoms with van der Waals surface area (Å²) in [5.74, 6) is 0.286. The summed E-state index contributed by atoms with van der Waals surface area (Å²) in [7, 11) is 0. The van der Waals surface area contributed by atoms with E-state index in [9.17, 15) is 14.8 Å². The zero-order valence-electron chi connectivity index (χ0n) is 12.2. The number of halogens is 1. The van der Waals surface area contributed by atoms with Crippen molar-refractivity contribution in [1.29, 1.82) is 5.26 Å². The summed E-state index contributed by atoms with van der Waals surface area (Å²) < 4.78 is 13.1. The number of aryl methyl sites for hydroxylation is 1. The largest absolute Gasteiger partial charge is 0.391 e. The van der Waals surface area contributed by atoms with Crippen LogP contribution < -0.4 is 4.90 Å². The van der Waals surface area contributed by atoms with Gasteiger partial charge in [0.1, 0.15) is 17.7 Å². The fraction of sp³-hybridized carbons (Fsp3) is 0.294. The molecule has 1 fully saturated rings. The number of hydrogen-bond donors (Lipinski definition) is 1. The van der Waals surface area contributed by atoms with Crippen LogP contribution in [0.25, 0.3) is 0 Å². The number of rotatable bonds is 2. The van der Waals surface area contributed by atoms with Crippen LogP contribution in [0.15, 0.2) is 36.5 Å². The molecule has 0 unspecified atom stereocenters. The lowest BCUT2D eigenvalue weighted by Crippen LogP contribution is -2.26. The number of β-amino-alcohol motifs (C(OH)–C–C–N with tert-alkyl or cyclic N) is 1. The smallest absolute Gasteiger partial charge is 0.147 e. The number of nitriles is 1. The lowest BCUT2D eigenvalue weighted by Gasteiger charge is -2.27. The Balaban J connectivity index is 2.03. The van der Waals surface area contributed by atoms with E-state index in [0.29, 0.717) is 24.3 Å². The van der Waals surface area contributed by atoms with Crippen LogP contribution >= 0.6 is 0 Å². The molecule has 0 saturated carbocycles. The second-order valence-electron chi connectivity index (χ2n) is 5.55. The molecule has 4 nitrogen and oxygen atoms in total. The average molecular weight is 297 g/mol. The van der Waals surface area contributed by atoms with E-state index >= 15 is 0 Å². The highest BCUT2D eigenvalue weighted by Gasteiger charge is 2.34. The third-order valence-electron chi connectivity index (χ3n) is 4.06. The van der Waals surface area contributed by atoms with Crippen molar-refractivity contribution in [3.8, 4) is 6.07 Å². The van der Waals surface area contributed by atoms with Gasteiger partial charge < -0.3 is 10.0 Å². The molecule has 0 bridgehead atoms. The molecule has 2 heterocycles. The van der Waals surface area contributed by atoms with Gasteiger partial charge in [-0.2, -0.15) is 5.26 Å². The topological polar surface area (TPSA) is 60.1 Å². The van der Waals surface area contributed by atoms with Crippen LogP contribution in [0.1, 0.15) is 29.2 Å². The van der Waals surface area contributed by atoms with Gasteiger partial charge in [0.25, 0.3) is 0 Å². The Morgan fingerprint density at radius 1 is 1.32 bits per heavy atom. The first-order valence-electron chi connectivity index (χ1n) is 7.16. The van der Waals surface area contributed by atoms with E-state index in [1.54, 1.807) is 24.4 Å². The summed E-state index contributed by atoms with van der Waals surface area (Å²) in [6.07, 6.45) is 1.70. The van der Waals surface area contributed by atoms with Crippen molar-refractivity contribution in [3.63, 3.8) is 0 Å². The normalized spacial score (nSPS) is 20.9. The maximum Gasteiger partial charge on any atom is 0.147 e. The molecule has 0 spiro atoms. The van der Waals surface area contributed by atoms with Crippen molar-refractivity contribution in [2.75, 3.05) is 11.4 Å². The summed E-state index contributed by atoms with van der Waals surface area (Å²) in [6, 6.07) is 10.1. The van der Waals surface area contributed by atoms with Crippen LogP contribution in [0.3, 0.4) is 0 Å². The standard InChI is InChI=1S/C17H16FN3O/c1-11-6-7-20-17(15(11)9-19)21-10-14(22)8-16(21)12-2-4-13(18)5-3-12/h2-7,14,16,22H,8,10H2,1H3/t14-,16-/m1/s1. The first-order valence-corrected chi connectivity index (χ1v) is 7.16. The van der Waals surface area contributed by atoms with Gasteiger partial charge in [0.15, 0.2) is 0 Å². The van der Waals surface area contributed by atoms with E-state index < -0.39 is 6.10 Å². The number of aliphatic hydroxyl groups excluding tert-OH is 1. The minimum atomic E-state index is -0.496. The highest BCUT2D eigenvalue weighted by atomic mass is 19.1. The first kappa shape index (κ1) is 14.5. The molecular weight excluding hydrogens is 281 g/mol. The van der Waals surface area contributed by atoms with Crippen molar-refractivity contribution in [1.82, 2.24) is 4.98 Å². The fourth-order valence-corrected chi connectivity index (χ4v) is 2.95. The number of nitrogens with zero attached hydrogens (tertiary/aromatic N) is 3. The molecule has 2 aromatic rings. The molecule has 5 heteroatoms. The molecule has 0 amide bonds. The van der Waals surface area contributed by atoms with E-state index in [-0.39, 0.29) is 11.9 Å². The van der Waals surface area contributed by atoms with Gasteiger partial charge in [-0.15, -0.1) is 0 Å². The third-order valence-corrected chi connectivity index (χ3v) is 4.06. The van der Waals surface area contributed by atoms with Crippen LogP contribution in [-0.4, -0.2) is 22.7 Å². The maximum absolute atomic E-state index is 13.1. The van der Waals surface area contributed by atoms with Crippen LogP contribution in [-0.2, 0) is 0 Å². The Kier molecular flexibility index (Phi) is 3.78. The molecule has 1 aliphatic heterocycles. The minimum absolute atomic E-state index is 0.114. The molecule has 1 aromatic heterocycles. The molecule has 1 aliphatic rings. The molecule has 22 heavy (non-hydrogen) atoms. The Bertz CT molecular complexity index is 724.